The molecule has 2 aliphatic heterocycles. The lowest BCUT2D eigenvalue weighted by Crippen LogP contribution is -2.57. The fraction of sp³-hybridized carbons (Fsp3) is 0.933. The average molecular weight is 303 g/mol. The number of rotatable bonds is 1. The van der Waals surface area contributed by atoms with Gasteiger partial charge in [-0.05, 0) is 39.2 Å². The first-order chi connectivity index (χ1) is 9.04. The predicted octanol–water partition coefficient (Wildman–Crippen LogP) is 1.83. The van der Waals surface area contributed by atoms with Crippen molar-refractivity contribution in [1.29, 1.82) is 0 Å². The maximum atomic E-state index is 13.1. The zero-order valence-electron chi connectivity index (χ0n) is 12.6. The van der Waals surface area contributed by atoms with E-state index >= 15 is 0 Å². The van der Waals surface area contributed by atoms with Crippen LogP contribution in [0, 0.1) is 11.3 Å². The van der Waals surface area contributed by atoms with Crippen molar-refractivity contribution < 1.29 is 9.53 Å². The van der Waals surface area contributed by atoms with E-state index in [9.17, 15) is 4.79 Å². The molecule has 0 unspecified atom stereocenters. The highest BCUT2D eigenvalue weighted by molar-refractivity contribution is 5.85. The smallest absolute Gasteiger partial charge is 0.230 e. The van der Waals surface area contributed by atoms with Gasteiger partial charge in [-0.2, -0.15) is 0 Å². The number of nitrogens with zero attached hydrogens (tertiary/aromatic N) is 1. The van der Waals surface area contributed by atoms with E-state index in [1.54, 1.807) is 0 Å². The van der Waals surface area contributed by atoms with Gasteiger partial charge in [-0.1, -0.05) is 12.8 Å². The zero-order chi connectivity index (χ0) is 13.5. The Kier molecular flexibility index (Phi) is 4.67. The molecule has 0 bridgehead atoms. The lowest BCUT2D eigenvalue weighted by Gasteiger charge is -2.45. The van der Waals surface area contributed by atoms with Crippen LogP contribution < -0.4 is 5.32 Å². The second-order valence-corrected chi connectivity index (χ2v) is 7.06. The molecule has 3 aliphatic rings. The highest BCUT2D eigenvalue weighted by Crippen LogP contribution is 2.45. The van der Waals surface area contributed by atoms with Crippen molar-refractivity contribution in [3.63, 3.8) is 0 Å². The average Bonchev–Trinajstić information content (AvgIpc) is 2.81. The summed E-state index contributed by atoms with van der Waals surface area (Å²) in [6.07, 6.45) is 4.78. The summed E-state index contributed by atoms with van der Waals surface area (Å²) < 4.78 is 5.73. The highest BCUT2D eigenvalue weighted by Gasteiger charge is 2.52. The summed E-state index contributed by atoms with van der Waals surface area (Å²) >= 11 is 0. The number of nitrogens with one attached hydrogen (secondary N) is 1. The summed E-state index contributed by atoms with van der Waals surface area (Å²) in [4.78, 5) is 15.1. The number of carbonyl (C=O) groups is 1. The Morgan fingerprint density at radius 3 is 2.90 bits per heavy atom. The van der Waals surface area contributed by atoms with Gasteiger partial charge in [-0.15, -0.1) is 12.4 Å². The molecule has 4 nitrogen and oxygen atoms in total. The normalized spacial score (nSPS) is 36.1. The molecular formula is C15H27ClN2O2. The van der Waals surface area contributed by atoms with Crippen LogP contribution in [0.2, 0.25) is 0 Å². The number of fused-ring (bicyclic) bond motifs is 1. The van der Waals surface area contributed by atoms with Gasteiger partial charge in [0.1, 0.15) is 0 Å². The maximum Gasteiger partial charge on any atom is 0.230 e. The number of halogens is 1. The van der Waals surface area contributed by atoms with Crippen LogP contribution in [0.15, 0.2) is 0 Å². The van der Waals surface area contributed by atoms with Gasteiger partial charge in [-0.25, -0.2) is 0 Å². The second-order valence-electron chi connectivity index (χ2n) is 7.06. The van der Waals surface area contributed by atoms with Crippen molar-refractivity contribution in [2.24, 2.45) is 11.3 Å². The summed E-state index contributed by atoms with van der Waals surface area (Å²) in [5.74, 6) is 0.943. The second kappa shape index (κ2) is 5.82. The molecule has 3 rings (SSSR count). The Hall–Kier alpha value is -0.320. The fourth-order valence-corrected chi connectivity index (χ4v) is 4.17. The third kappa shape index (κ3) is 2.70. The molecule has 1 N–H and O–H groups in total. The van der Waals surface area contributed by atoms with E-state index in [1.807, 2.05) is 0 Å². The van der Waals surface area contributed by atoms with Gasteiger partial charge in [-0.3, -0.25) is 4.79 Å². The highest BCUT2D eigenvalue weighted by atomic mass is 35.5. The quantitative estimate of drug-likeness (QED) is 0.803. The molecule has 0 radical (unpaired) electrons. The molecule has 0 spiro atoms. The number of morpholine rings is 1. The molecular weight excluding hydrogens is 276 g/mol. The van der Waals surface area contributed by atoms with E-state index in [-0.39, 0.29) is 23.4 Å². The minimum atomic E-state index is -0.194. The SMILES string of the molecule is CC1(C)CN(C(=O)[C@@]23CCCC[C@H]2CNC3)CCO1.Cl. The largest absolute Gasteiger partial charge is 0.372 e. The summed E-state index contributed by atoms with van der Waals surface area (Å²) in [5.41, 5.74) is -0.299. The van der Waals surface area contributed by atoms with Crippen LogP contribution >= 0.6 is 12.4 Å². The zero-order valence-corrected chi connectivity index (χ0v) is 13.4. The Morgan fingerprint density at radius 1 is 1.35 bits per heavy atom. The van der Waals surface area contributed by atoms with Crippen molar-refractivity contribution >= 4 is 18.3 Å². The predicted molar refractivity (Wildman–Crippen MR) is 81.1 cm³/mol. The number of carbonyl (C=O) groups excluding carboxylic acids is 1. The standard InChI is InChI=1S/C15H26N2O2.ClH/c1-14(2)11-17(7-8-19-14)13(18)15-6-4-3-5-12(15)9-16-10-15;/h12,16H,3-11H2,1-2H3;1H/t12-,15+;/m0./s1. The van der Waals surface area contributed by atoms with Gasteiger partial charge >= 0.3 is 0 Å². The van der Waals surface area contributed by atoms with E-state index in [0.29, 0.717) is 18.4 Å². The van der Waals surface area contributed by atoms with Gasteiger partial charge < -0.3 is 15.0 Å². The summed E-state index contributed by atoms with van der Waals surface area (Å²) in [6.45, 7) is 8.24. The molecule has 0 aromatic carbocycles. The fourth-order valence-electron chi connectivity index (χ4n) is 4.17. The van der Waals surface area contributed by atoms with Gasteiger partial charge in [0.05, 0.1) is 17.6 Å². The van der Waals surface area contributed by atoms with Crippen molar-refractivity contribution in [3.8, 4) is 0 Å². The van der Waals surface area contributed by atoms with E-state index in [1.165, 1.54) is 19.3 Å². The summed E-state index contributed by atoms with van der Waals surface area (Å²) in [7, 11) is 0. The lowest BCUT2D eigenvalue weighted by molar-refractivity contribution is -0.159. The molecule has 1 saturated carbocycles. The molecule has 0 aromatic heterocycles. The third-order valence-electron chi connectivity index (χ3n) is 5.18. The first kappa shape index (κ1) is 16.1. The number of ether oxygens (including phenoxy) is 1. The summed E-state index contributed by atoms with van der Waals surface area (Å²) in [5, 5.41) is 3.47. The van der Waals surface area contributed by atoms with Crippen LogP contribution in [0.3, 0.4) is 0 Å². The topological polar surface area (TPSA) is 41.6 Å². The number of hydrogen-bond donors (Lipinski definition) is 1. The summed E-state index contributed by atoms with van der Waals surface area (Å²) in [6, 6.07) is 0. The van der Waals surface area contributed by atoms with E-state index in [2.05, 4.69) is 24.1 Å². The van der Waals surface area contributed by atoms with Gasteiger partial charge in [0.25, 0.3) is 0 Å². The minimum absolute atomic E-state index is 0. The van der Waals surface area contributed by atoms with Gasteiger partial charge in [0.2, 0.25) is 5.91 Å². The molecule has 2 heterocycles. The van der Waals surface area contributed by atoms with Crippen molar-refractivity contribution in [1.82, 2.24) is 10.2 Å². The molecule has 2 saturated heterocycles. The molecule has 3 fully saturated rings. The van der Waals surface area contributed by atoms with Crippen LogP contribution in [0.5, 0.6) is 0 Å². The van der Waals surface area contributed by atoms with Gasteiger partial charge in [0, 0.05) is 19.6 Å². The maximum absolute atomic E-state index is 13.1. The molecule has 1 aliphatic carbocycles. The van der Waals surface area contributed by atoms with E-state index < -0.39 is 0 Å². The first-order valence-electron chi connectivity index (χ1n) is 7.68. The third-order valence-corrected chi connectivity index (χ3v) is 5.18. The Labute approximate surface area is 128 Å². The van der Waals surface area contributed by atoms with Crippen molar-refractivity contribution in [3.05, 3.63) is 0 Å². The van der Waals surface area contributed by atoms with Crippen LogP contribution in [0.1, 0.15) is 39.5 Å². The molecule has 2 atom stereocenters. The van der Waals surface area contributed by atoms with Crippen LogP contribution in [-0.4, -0.2) is 49.2 Å². The van der Waals surface area contributed by atoms with Crippen molar-refractivity contribution in [2.75, 3.05) is 32.8 Å². The molecule has 0 aromatic rings. The monoisotopic (exact) mass is 302 g/mol. The lowest BCUT2D eigenvalue weighted by atomic mass is 9.67. The van der Waals surface area contributed by atoms with Crippen LogP contribution in [0.4, 0.5) is 0 Å². The molecule has 1 amide bonds. The Bertz CT molecular complexity index is 375. The van der Waals surface area contributed by atoms with E-state index in [0.717, 1.165) is 32.6 Å². The van der Waals surface area contributed by atoms with Crippen LogP contribution in [-0.2, 0) is 9.53 Å². The van der Waals surface area contributed by atoms with Gasteiger partial charge in [0.15, 0.2) is 0 Å². The first-order valence-corrected chi connectivity index (χ1v) is 7.68. The number of hydrogen-bond acceptors (Lipinski definition) is 3. The van der Waals surface area contributed by atoms with Crippen LogP contribution in [0.25, 0.3) is 0 Å². The molecule has 20 heavy (non-hydrogen) atoms. The van der Waals surface area contributed by atoms with E-state index in [4.69, 9.17) is 4.74 Å². The minimum Gasteiger partial charge on any atom is -0.372 e. The Balaban J connectivity index is 0.00000147. The molecule has 5 heteroatoms. The number of amides is 1. The molecule has 116 valence electrons. The van der Waals surface area contributed by atoms with Crippen molar-refractivity contribution in [2.45, 2.75) is 45.1 Å². The Morgan fingerprint density at radius 2 is 2.15 bits per heavy atom.